The number of hydrogen-bond donors (Lipinski definition) is 1. The summed E-state index contributed by atoms with van der Waals surface area (Å²) in [5.41, 5.74) is 5.45. The Balaban J connectivity index is 2.06. The Kier molecular flexibility index (Phi) is 4.26. The monoisotopic (exact) mass is 393 g/mol. The van der Waals surface area contributed by atoms with Gasteiger partial charge in [0.1, 0.15) is 17.2 Å². The fraction of sp³-hybridized carbons (Fsp3) is 0.143. The summed E-state index contributed by atoms with van der Waals surface area (Å²) in [6.45, 7) is 3.19. The van der Waals surface area contributed by atoms with Crippen LogP contribution in [0.3, 0.4) is 0 Å². The van der Waals surface area contributed by atoms with Gasteiger partial charge in [-0.15, -0.1) is 0 Å². The molecule has 0 amide bonds. The number of esters is 2. The van der Waals surface area contributed by atoms with E-state index in [2.05, 4.69) is 9.97 Å². The zero-order chi connectivity index (χ0) is 20.8. The van der Waals surface area contributed by atoms with Crippen molar-refractivity contribution in [3.05, 3.63) is 60.1 Å². The molecule has 1 aliphatic rings. The minimum absolute atomic E-state index is 0.00897. The van der Waals surface area contributed by atoms with Crippen LogP contribution in [-0.2, 0) is 19.9 Å². The van der Waals surface area contributed by atoms with Gasteiger partial charge in [-0.05, 0) is 31.4 Å². The van der Waals surface area contributed by atoms with Crippen molar-refractivity contribution in [1.82, 2.24) is 9.97 Å². The molecule has 2 N–H and O–H groups in total. The van der Waals surface area contributed by atoms with Gasteiger partial charge in [-0.3, -0.25) is 0 Å². The molecule has 29 heavy (non-hydrogen) atoms. The van der Waals surface area contributed by atoms with Crippen LogP contribution in [0.15, 0.2) is 48.6 Å². The van der Waals surface area contributed by atoms with Crippen LogP contribution in [0.25, 0.3) is 22.0 Å². The molecule has 2 aromatic carbocycles. The third-order valence-electron chi connectivity index (χ3n) is 4.49. The first-order valence-electron chi connectivity index (χ1n) is 8.75. The molecule has 0 fully saturated rings. The second-order valence-electron chi connectivity index (χ2n) is 6.93. The number of halogens is 1. The highest BCUT2D eigenvalue weighted by Gasteiger charge is 2.35. The third kappa shape index (κ3) is 3.29. The van der Waals surface area contributed by atoms with E-state index >= 15 is 0 Å². The maximum absolute atomic E-state index is 14.3. The van der Waals surface area contributed by atoms with Gasteiger partial charge in [0.25, 0.3) is 0 Å². The molecule has 0 spiro atoms. The zero-order valence-corrected chi connectivity index (χ0v) is 15.6. The summed E-state index contributed by atoms with van der Waals surface area (Å²) in [4.78, 5) is 32.6. The number of aromatic nitrogens is 2. The number of anilines is 1. The van der Waals surface area contributed by atoms with E-state index < -0.39 is 23.4 Å². The molecule has 4 rings (SSSR count). The van der Waals surface area contributed by atoms with E-state index in [0.717, 1.165) is 12.2 Å². The van der Waals surface area contributed by atoms with Crippen molar-refractivity contribution in [3.8, 4) is 17.0 Å². The van der Waals surface area contributed by atoms with Gasteiger partial charge in [0.05, 0.1) is 0 Å². The molecule has 3 aromatic rings. The Hall–Kier alpha value is -3.81. The molecule has 7 nitrogen and oxygen atoms in total. The molecular weight excluding hydrogens is 377 g/mol. The van der Waals surface area contributed by atoms with Crippen LogP contribution in [0.5, 0.6) is 5.75 Å². The molecule has 8 heteroatoms. The highest BCUT2D eigenvalue weighted by atomic mass is 19.1. The summed E-state index contributed by atoms with van der Waals surface area (Å²) < 4.78 is 25.2. The summed E-state index contributed by atoms with van der Waals surface area (Å²) in [5, 5.41) is 0.921. The summed E-state index contributed by atoms with van der Waals surface area (Å²) in [7, 11) is 0. The number of rotatable bonds is 1. The summed E-state index contributed by atoms with van der Waals surface area (Å²) in [6.07, 6.45) is 1.93. The van der Waals surface area contributed by atoms with Gasteiger partial charge in [0, 0.05) is 23.1 Å². The molecule has 0 saturated heterocycles. The van der Waals surface area contributed by atoms with E-state index in [-0.39, 0.29) is 23.1 Å². The number of fused-ring (bicyclic) bond motifs is 2. The first-order valence-corrected chi connectivity index (χ1v) is 8.75. The Bertz CT molecular complexity index is 1200. The standard InChI is InChI=1S/C21H16FN3O4/c1-21(2)19-18(28-15(26)9-10-16(27)29-21)17(24-20(23)25-19)13-7-8-14(22)12-6-4-3-5-11(12)13/h3-10H,1-2H3,(H2,23,24,25)/b10-9-. The molecule has 2 heterocycles. The normalized spacial score (nSPS) is 16.8. The van der Waals surface area contributed by atoms with Gasteiger partial charge < -0.3 is 15.2 Å². The van der Waals surface area contributed by atoms with Crippen molar-refractivity contribution in [2.75, 3.05) is 5.73 Å². The van der Waals surface area contributed by atoms with Crippen LogP contribution in [-0.4, -0.2) is 21.9 Å². The van der Waals surface area contributed by atoms with Gasteiger partial charge in [-0.25, -0.2) is 23.9 Å². The number of carbonyl (C=O) groups is 2. The lowest BCUT2D eigenvalue weighted by Gasteiger charge is -2.26. The lowest BCUT2D eigenvalue weighted by atomic mass is 9.97. The topological polar surface area (TPSA) is 104 Å². The van der Waals surface area contributed by atoms with Crippen molar-refractivity contribution in [2.24, 2.45) is 0 Å². The van der Waals surface area contributed by atoms with E-state index in [0.29, 0.717) is 16.3 Å². The maximum atomic E-state index is 14.3. The molecule has 1 aromatic heterocycles. The van der Waals surface area contributed by atoms with E-state index in [4.69, 9.17) is 15.2 Å². The SMILES string of the molecule is CC1(C)OC(=O)/C=C\C(=O)Oc2c(-c3ccc(F)c4ccccc34)nc(N)nc21. The number of nitrogens with zero attached hydrogens (tertiary/aromatic N) is 2. The van der Waals surface area contributed by atoms with Gasteiger partial charge in [-0.2, -0.15) is 0 Å². The Morgan fingerprint density at radius 3 is 2.41 bits per heavy atom. The maximum Gasteiger partial charge on any atom is 0.336 e. The predicted octanol–water partition coefficient (Wildman–Crippen LogP) is 3.27. The largest absolute Gasteiger partial charge is 0.450 e. The van der Waals surface area contributed by atoms with Crippen LogP contribution in [0.4, 0.5) is 10.3 Å². The molecule has 146 valence electrons. The molecule has 1 aliphatic heterocycles. The summed E-state index contributed by atoms with van der Waals surface area (Å²) in [5.74, 6) is -2.06. The second kappa shape index (κ2) is 6.66. The van der Waals surface area contributed by atoms with Crippen LogP contribution < -0.4 is 10.5 Å². The fourth-order valence-electron chi connectivity index (χ4n) is 3.23. The minimum atomic E-state index is -1.27. The smallest absolute Gasteiger partial charge is 0.336 e. The van der Waals surface area contributed by atoms with E-state index in [1.807, 2.05) is 0 Å². The van der Waals surface area contributed by atoms with E-state index in [9.17, 15) is 14.0 Å². The van der Waals surface area contributed by atoms with Crippen molar-refractivity contribution < 1.29 is 23.5 Å². The molecule has 0 bridgehead atoms. The molecule has 0 saturated carbocycles. The van der Waals surface area contributed by atoms with E-state index in [1.54, 1.807) is 38.1 Å². The molecular formula is C21H16FN3O4. The van der Waals surface area contributed by atoms with Crippen LogP contribution in [0, 0.1) is 5.82 Å². The average Bonchev–Trinajstić information content (AvgIpc) is 2.71. The van der Waals surface area contributed by atoms with Crippen molar-refractivity contribution in [1.29, 1.82) is 0 Å². The van der Waals surface area contributed by atoms with Crippen LogP contribution >= 0.6 is 0 Å². The second-order valence-corrected chi connectivity index (χ2v) is 6.93. The number of benzene rings is 2. The zero-order valence-electron chi connectivity index (χ0n) is 15.6. The van der Waals surface area contributed by atoms with Crippen molar-refractivity contribution in [3.63, 3.8) is 0 Å². The lowest BCUT2D eigenvalue weighted by molar-refractivity contribution is -0.151. The number of nitrogen functional groups attached to an aromatic ring is 1. The van der Waals surface area contributed by atoms with Crippen molar-refractivity contribution >= 4 is 28.7 Å². The number of hydrogen-bond acceptors (Lipinski definition) is 7. The first-order chi connectivity index (χ1) is 13.8. The third-order valence-corrected chi connectivity index (χ3v) is 4.49. The number of cyclic esters (lactones) is 1. The molecule has 0 unspecified atom stereocenters. The van der Waals surface area contributed by atoms with Crippen LogP contribution in [0.2, 0.25) is 0 Å². The van der Waals surface area contributed by atoms with Gasteiger partial charge in [0.2, 0.25) is 5.95 Å². The Labute approximate surface area is 165 Å². The summed E-state index contributed by atoms with van der Waals surface area (Å²) in [6, 6.07) is 9.64. The predicted molar refractivity (Wildman–Crippen MR) is 103 cm³/mol. The lowest BCUT2D eigenvalue weighted by Crippen LogP contribution is -2.27. The van der Waals surface area contributed by atoms with Crippen molar-refractivity contribution in [2.45, 2.75) is 19.4 Å². The number of nitrogens with two attached hydrogens (primary N) is 1. The van der Waals surface area contributed by atoms with E-state index in [1.165, 1.54) is 12.1 Å². The highest BCUT2D eigenvalue weighted by Crippen LogP contribution is 2.41. The molecule has 0 atom stereocenters. The van der Waals surface area contributed by atoms with Gasteiger partial charge >= 0.3 is 11.9 Å². The minimum Gasteiger partial charge on any atom is -0.450 e. The first kappa shape index (κ1) is 18.5. The summed E-state index contributed by atoms with van der Waals surface area (Å²) >= 11 is 0. The van der Waals surface area contributed by atoms with Crippen LogP contribution in [0.1, 0.15) is 19.5 Å². The number of carbonyl (C=O) groups excluding carboxylic acids is 2. The highest BCUT2D eigenvalue weighted by molar-refractivity contribution is 5.99. The van der Waals surface area contributed by atoms with Gasteiger partial charge in [-0.1, -0.05) is 24.3 Å². The Morgan fingerprint density at radius 1 is 0.966 bits per heavy atom. The average molecular weight is 393 g/mol. The number of ether oxygens (including phenoxy) is 2. The fourth-order valence-corrected chi connectivity index (χ4v) is 3.23. The molecule has 0 radical (unpaired) electrons. The molecule has 0 aliphatic carbocycles. The Morgan fingerprint density at radius 2 is 1.66 bits per heavy atom. The van der Waals surface area contributed by atoms with Gasteiger partial charge in [0.15, 0.2) is 11.4 Å². The quantitative estimate of drug-likeness (QED) is 0.633.